The second kappa shape index (κ2) is 3.02. The third-order valence-electron chi connectivity index (χ3n) is 1.80. The summed E-state index contributed by atoms with van der Waals surface area (Å²) in [6, 6.07) is 4.74. The SMILES string of the molecule is Cc1nnc(-c2ccc(O)c(N)c2)o1. The summed E-state index contributed by atoms with van der Waals surface area (Å²) in [6.45, 7) is 1.71. The normalized spacial score (nSPS) is 10.4. The van der Waals surface area contributed by atoms with Crippen LogP contribution in [0.4, 0.5) is 5.69 Å². The van der Waals surface area contributed by atoms with Crippen molar-refractivity contribution in [1.82, 2.24) is 10.2 Å². The number of phenols is 1. The maximum atomic E-state index is 9.20. The van der Waals surface area contributed by atoms with Crippen LogP contribution in [0.15, 0.2) is 22.6 Å². The number of hydrogen-bond donors (Lipinski definition) is 2. The highest BCUT2D eigenvalue weighted by Gasteiger charge is 2.07. The molecule has 1 heterocycles. The van der Waals surface area contributed by atoms with Crippen LogP contribution in [0.1, 0.15) is 5.89 Å². The van der Waals surface area contributed by atoms with Crippen molar-refractivity contribution in [2.24, 2.45) is 0 Å². The molecule has 0 atom stereocenters. The van der Waals surface area contributed by atoms with E-state index in [0.29, 0.717) is 23.0 Å². The van der Waals surface area contributed by atoms with Gasteiger partial charge in [-0.2, -0.15) is 0 Å². The monoisotopic (exact) mass is 191 g/mol. The Morgan fingerprint density at radius 1 is 1.36 bits per heavy atom. The van der Waals surface area contributed by atoms with E-state index in [-0.39, 0.29) is 5.75 Å². The number of nitrogens with two attached hydrogens (primary N) is 1. The third kappa shape index (κ3) is 1.39. The average Bonchev–Trinajstić information content (AvgIpc) is 2.57. The number of benzene rings is 1. The van der Waals surface area contributed by atoms with E-state index in [1.165, 1.54) is 6.07 Å². The lowest BCUT2D eigenvalue weighted by Crippen LogP contribution is -1.86. The summed E-state index contributed by atoms with van der Waals surface area (Å²) >= 11 is 0. The summed E-state index contributed by atoms with van der Waals surface area (Å²) in [6.07, 6.45) is 0. The van der Waals surface area contributed by atoms with Crippen molar-refractivity contribution >= 4 is 5.69 Å². The van der Waals surface area contributed by atoms with E-state index >= 15 is 0 Å². The molecule has 2 rings (SSSR count). The van der Waals surface area contributed by atoms with Gasteiger partial charge in [0.2, 0.25) is 11.8 Å². The Balaban J connectivity index is 2.47. The highest BCUT2D eigenvalue weighted by molar-refractivity contribution is 5.64. The first kappa shape index (κ1) is 8.55. The molecule has 0 aliphatic carbocycles. The quantitative estimate of drug-likeness (QED) is 0.524. The molecule has 14 heavy (non-hydrogen) atoms. The summed E-state index contributed by atoms with van der Waals surface area (Å²) in [7, 11) is 0. The Kier molecular flexibility index (Phi) is 1.85. The molecule has 5 heteroatoms. The molecule has 0 saturated carbocycles. The van der Waals surface area contributed by atoms with Crippen LogP contribution in [0.2, 0.25) is 0 Å². The van der Waals surface area contributed by atoms with Gasteiger partial charge in [-0.3, -0.25) is 0 Å². The lowest BCUT2D eigenvalue weighted by atomic mass is 10.2. The van der Waals surface area contributed by atoms with Crippen LogP contribution in [-0.2, 0) is 0 Å². The van der Waals surface area contributed by atoms with Gasteiger partial charge in [0.05, 0.1) is 5.69 Å². The Hall–Kier alpha value is -2.04. The van der Waals surface area contributed by atoms with E-state index in [1.807, 2.05) is 0 Å². The van der Waals surface area contributed by atoms with Crippen LogP contribution in [0.25, 0.3) is 11.5 Å². The minimum Gasteiger partial charge on any atom is -0.506 e. The summed E-state index contributed by atoms with van der Waals surface area (Å²) < 4.78 is 5.20. The van der Waals surface area contributed by atoms with E-state index in [4.69, 9.17) is 10.2 Å². The first-order valence-corrected chi connectivity index (χ1v) is 4.06. The molecule has 0 fully saturated rings. The molecule has 3 N–H and O–H groups in total. The molecule has 0 bridgehead atoms. The summed E-state index contributed by atoms with van der Waals surface area (Å²) in [5, 5.41) is 16.7. The molecule has 0 saturated heterocycles. The largest absolute Gasteiger partial charge is 0.506 e. The zero-order valence-electron chi connectivity index (χ0n) is 7.56. The number of anilines is 1. The topological polar surface area (TPSA) is 85.2 Å². The van der Waals surface area contributed by atoms with E-state index in [9.17, 15) is 5.11 Å². The third-order valence-corrected chi connectivity index (χ3v) is 1.80. The van der Waals surface area contributed by atoms with Crippen molar-refractivity contribution in [3.05, 3.63) is 24.1 Å². The number of aryl methyl sites for hydroxylation is 1. The van der Waals surface area contributed by atoms with Crippen molar-refractivity contribution in [3.63, 3.8) is 0 Å². The predicted molar refractivity (Wildman–Crippen MR) is 50.5 cm³/mol. The number of aromatic hydroxyl groups is 1. The van der Waals surface area contributed by atoms with Crippen LogP contribution in [-0.4, -0.2) is 15.3 Å². The fourth-order valence-corrected chi connectivity index (χ4v) is 1.10. The molecule has 0 spiro atoms. The molecule has 1 aromatic carbocycles. The van der Waals surface area contributed by atoms with Crippen molar-refractivity contribution in [2.75, 3.05) is 5.73 Å². The molecular weight excluding hydrogens is 182 g/mol. The minimum atomic E-state index is 0.0463. The van der Waals surface area contributed by atoms with Gasteiger partial charge in [-0.25, -0.2) is 0 Å². The standard InChI is InChI=1S/C9H9N3O2/c1-5-11-12-9(14-5)6-2-3-8(13)7(10)4-6/h2-4,13H,10H2,1H3. The molecule has 2 aromatic rings. The molecule has 5 nitrogen and oxygen atoms in total. The average molecular weight is 191 g/mol. The Morgan fingerprint density at radius 2 is 2.14 bits per heavy atom. The van der Waals surface area contributed by atoms with Crippen LogP contribution in [0, 0.1) is 6.92 Å². The van der Waals surface area contributed by atoms with E-state index < -0.39 is 0 Å². The van der Waals surface area contributed by atoms with Crippen molar-refractivity contribution in [3.8, 4) is 17.2 Å². The second-order valence-corrected chi connectivity index (χ2v) is 2.90. The summed E-state index contributed by atoms with van der Waals surface area (Å²) in [5.74, 6) is 0.936. The maximum absolute atomic E-state index is 9.20. The van der Waals surface area contributed by atoms with E-state index in [0.717, 1.165) is 0 Å². The molecule has 0 amide bonds. The fraction of sp³-hybridized carbons (Fsp3) is 0.111. The van der Waals surface area contributed by atoms with Crippen molar-refractivity contribution in [1.29, 1.82) is 0 Å². The van der Waals surface area contributed by atoms with Crippen LogP contribution in [0.5, 0.6) is 5.75 Å². The molecular formula is C9H9N3O2. The fourth-order valence-electron chi connectivity index (χ4n) is 1.10. The zero-order chi connectivity index (χ0) is 10.1. The predicted octanol–water partition coefficient (Wildman–Crippen LogP) is 1.33. The maximum Gasteiger partial charge on any atom is 0.247 e. The van der Waals surface area contributed by atoms with Gasteiger partial charge in [-0.15, -0.1) is 10.2 Å². The van der Waals surface area contributed by atoms with Crippen molar-refractivity contribution < 1.29 is 9.52 Å². The van der Waals surface area contributed by atoms with Gasteiger partial charge < -0.3 is 15.3 Å². The number of rotatable bonds is 1. The number of phenolic OH excluding ortho intramolecular Hbond substituents is 1. The Bertz CT molecular complexity index is 465. The highest BCUT2D eigenvalue weighted by Crippen LogP contribution is 2.26. The number of nitrogens with zero attached hydrogens (tertiary/aromatic N) is 2. The molecule has 1 aromatic heterocycles. The molecule has 0 unspecified atom stereocenters. The molecule has 0 radical (unpaired) electrons. The highest BCUT2D eigenvalue weighted by atomic mass is 16.4. The molecule has 72 valence electrons. The second-order valence-electron chi connectivity index (χ2n) is 2.90. The van der Waals surface area contributed by atoms with Crippen LogP contribution < -0.4 is 5.73 Å². The van der Waals surface area contributed by atoms with Crippen LogP contribution >= 0.6 is 0 Å². The number of aromatic nitrogens is 2. The minimum absolute atomic E-state index is 0.0463. The Morgan fingerprint density at radius 3 is 2.71 bits per heavy atom. The summed E-state index contributed by atoms with van der Waals surface area (Å²) in [5.41, 5.74) is 6.51. The van der Waals surface area contributed by atoms with Gasteiger partial charge >= 0.3 is 0 Å². The smallest absolute Gasteiger partial charge is 0.247 e. The lowest BCUT2D eigenvalue weighted by molar-refractivity contribution is 0.478. The van der Waals surface area contributed by atoms with Gasteiger partial charge in [-0.05, 0) is 18.2 Å². The van der Waals surface area contributed by atoms with Crippen molar-refractivity contribution in [2.45, 2.75) is 6.92 Å². The number of nitrogen functional groups attached to an aromatic ring is 1. The van der Waals surface area contributed by atoms with E-state index in [2.05, 4.69) is 10.2 Å². The number of hydrogen-bond acceptors (Lipinski definition) is 5. The van der Waals surface area contributed by atoms with Gasteiger partial charge in [0, 0.05) is 12.5 Å². The summed E-state index contributed by atoms with van der Waals surface area (Å²) in [4.78, 5) is 0. The van der Waals surface area contributed by atoms with Gasteiger partial charge in [0.25, 0.3) is 0 Å². The lowest BCUT2D eigenvalue weighted by Gasteiger charge is -1.99. The zero-order valence-corrected chi connectivity index (χ0v) is 7.56. The van der Waals surface area contributed by atoms with Crippen LogP contribution in [0.3, 0.4) is 0 Å². The molecule has 0 aliphatic heterocycles. The van der Waals surface area contributed by atoms with E-state index in [1.54, 1.807) is 19.1 Å². The van der Waals surface area contributed by atoms with Gasteiger partial charge in [-0.1, -0.05) is 0 Å². The van der Waals surface area contributed by atoms with Gasteiger partial charge in [0.1, 0.15) is 5.75 Å². The first-order chi connectivity index (χ1) is 6.66. The Labute approximate surface area is 80.2 Å². The molecule has 0 aliphatic rings. The van der Waals surface area contributed by atoms with Gasteiger partial charge in [0.15, 0.2) is 0 Å². The first-order valence-electron chi connectivity index (χ1n) is 4.06.